The van der Waals surface area contributed by atoms with Gasteiger partial charge in [-0.15, -0.1) is 23.4 Å². The molecule has 2 aromatic carbocycles. The molecule has 0 aliphatic carbocycles. The number of piperazine rings is 1. The Kier molecular flexibility index (Phi) is 8.59. The van der Waals surface area contributed by atoms with E-state index in [1.165, 1.54) is 23.5 Å². The van der Waals surface area contributed by atoms with Crippen LogP contribution in [0.3, 0.4) is 0 Å². The summed E-state index contributed by atoms with van der Waals surface area (Å²) in [4.78, 5) is 29.6. The summed E-state index contributed by atoms with van der Waals surface area (Å²) in [5.41, 5.74) is 0.647. The molecule has 0 atom stereocenters. The summed E-state index contributed by atoms with van der Waals surface area (Å²) < 4.78 is 48.2. The Morgan fingerprint density at radius 3 is 2.55 bits per heavy atom. The van der Waals surface area contributed by atoms with Crippen molar-refractivity contribution in [3.05, 3.63) is 53.0 Å². The van der Waals surface area contributed by atoms with Gasteiger partial charge in [0.2, 0.25) is 5.91 Å². The number of anilines is 1. The zero-order valence-electron chi connectivity index (χ0n) is 20.7. The number of alkyl halides is 3. The number of hydrogen-bond donors (Lipinski definition) is 1. The quantitative estimate of drug-likeness (QED) is 0.404. The molecule has 3 aromatic rings. The topological polar surface area (TPSA) is 96.9 Å². The second-order valence-corrected chi connectivity index (χ2v) is 9.78. The van der Waals surface area contributed by atoms with E-state index in [2.05, 4.69) is 25.2 Å². The minimum absolute atomic E-state index is 0.00923. The van der Waals surface area contributed by atoms with Crippen LogP contribution in [0.15, 0.2) is 42.5 Å². The highest BCUT2D eigenvalue weighted by atomic mass is 32.1. The third-order valence-corrected chi connectivity index (χ3v) is 6.83. The molecular formula is C25H26F3N5O4S. The van der Waals surface area contributed by atoms with Gasteiger partial charge in [0.15, 0.2) is 11.5 Å². The number of Topliss-reactive ketones (excluding diaryl/α,β-unsaturated/α-hetero) is 1. The Balaban J connectivity index is 1.48. The van der Waals surface area contributed by atoms with Gasteiger partial charge in [-0.2, -0.15) is 0 Å². The van der Waals surface area contributed by atoms with Crippen LogP contribution >= 0.6 is 11.3 Å². The Labute approximate surface area is 221 Å². The molecule has 38 heavy (non-hydrogen) atoms. The number of carbonyl (C=O) groups is 2. The predicted molar refractivity (Wildman–Crippen MR) is 136 cm³/mol. The number of likely N-dealkylation sites (N-methyl/N-ethyl adjacent to an activating group) is 1. The highest BCUT2D eigenvalue weighted by molar-refractivity contribution is 7.14. The van der Waals surface area contributed by atoms with Gasteiger partial charge in [-0.25, -0.2) is 0 Å². The third kappa shape index (κ3) is 7.49. The number of aromatic nitrogens is 2. The van der Waals surface area contributed by atoms with Crippen LogP contribution in [0, 0.1) is 0 Å². The Bertz CT molecular complexity index is 1290. The monoisotopic (exact) mass is 549 g/mol. The maximum absolute atomic E-state index is 13.0. The SMILES string of the molecule is COc1cccc(-c2nnc(CC(=O)c3ccc(OC(F)(F)F)c(NC(=O)CN4CCN(C)CC4)c3)s2)c1. The van der Waals surface area contributed by atoms with Crippen molar-refractivity contribution in [2.75, 3.05) is 52.2 Å². The van der Waals surface area contributed by atoms with E-state index in [0.29, 0.717) is 28.9 Å². The van der Waals surface area contributed by atoms with Crippen LogP contribution in [0.5, 0.6) is 11.5 Å². The second kappa shape index (κ2) is 11.9. The van der Waals surface area contributed by atoms with E-state index in [-0.39, 0.29) is 24.2 Å². The molecule has 9 nitrogen and oxygen atoms in total. The molecule has 1 aromatic heterocycles. The Morgan fingerprint density at radius 2 is 1.84 bits per heavy atom. The summed E-state index contributed by atoms with van der Waals surface area (Å²) in [5, 5.41) is 11.7. The van der Waals surface area contributed by atoms with E-state index in [1.807, 2.05) is 24.1 Å². The number of ketones is 1. The fraction of sp³-hybridized carbons (Fsp3) is 0.360. The smallest absolute Gasteiger partial charge is 0.497 e. The van der Waals surface area contributed by atoms with Crippen molar-refractivity contribution in [3.8, 4) is 22.1 Å². The van der Waals surface area contributed by atoms with Gasteiger partial charge in [0.25, 0.3) is 0 Å². The molecule has 1 aliphatic heterocycles. The summed E-state index contributed by atoms with van der Waals surface area (Å²) in [6.07, 6.45) is -5.08. The van der Waals surface area contributed by atoms with Gasteiger partial charge in [0.1, 0.15) is 15.8 Å². The van der Waals surface area contributed by atoms with E-state index in [1.54, 1.807) is 19.2 Å². The molecule has 1 fully saturated rings. The summed E-state index contributed by atoms with van der Waals surface area (Å²) in [7, 11) is 3.53. The summed E-state index contributed by atoms with van der Waals surface area (Å²) in [5.74, 6) is -0.847. The molecule has 1 N–H and O–H groups in total. The number of hydrogen-bond acceptors (Lipinski definition) is 9. The molecule has 0 spiro atoms. The van der Waals surface area contributed by atoms with E-state index in [9.17, 15) is 22.8 Å². The van der Waals surface area contributed by atoms with Crippen molar-refractivity contribution in [2.24, 2.45) is 0 Å². The predicted octanol–water partition coefficient (Wildman–Crippen LogP) is 3.72. The molecule has 13 heteroatoms. The van der Waals surface area contributed by atoms with Gasteiger partial charge >= 0.3 is 6.36 Å². The maximum atomic E-state index is 13.0. The average molecular weight is 550 g/mol. The fourth-order valence-corrected chi connectivity index (χ4v) is 4.69. The van der Waals surface area contributed by atoms with E-state index < -0.39 is 23.8 Å². The minimum atomic E-state index is -4.97. The number of amides is 1. The second-order valence-electron chi connectivity index (χ2n) is 8.72. The molecule has 202 valence electrons. The van der Waals surface area contributed by atoms with Crippen molar-refractivity contribution in [3.63, 3.8) is 0 Å². The van der Waals surface area contributed by atoms with Crippen LogP contribution in [0.25, 0.3) is 10.6 Å². The van der Waals surface area contributed by atoms with Crippen LogP contribution in [0.4, 0.5) is 18.9 Å². The molecule has 0 bridgehead atoms. The van der Waals surface area contributed by atoms with Crippen LogP contribution in [0.1, 0.15) is 15.4 Å². The van der Waals surface area contributed by atoms with Crippen molar-refractivity contribution in [1.29, 1.82) is 0 Å². The van der Waals surface area contributed by atoms with Crippen molar-refractivity contribution >= 4 is 28.7 Å². The number of methoxy groups -OCH3 is 1. The lowest BCUT2D eigenvalue weighted by molar-refractivity contribution is -0.274. The molecule has 1 amide bonds. The van der Waals surface area contributed by atoms with E-state index >= 15 is 0 Å². The van der Waals surface area contributed by atoms with E-state index in [0.717, 1.165) is 24.7 Å². The maximum Gasteiger partial charge on any atom is 0.573 e. The zero-order chi connectivity index (χ0) is 27.3. The van der Waals surface area contributed by atoms with Gasteiger partial charge in [-0.05, 0) is 37.4 Å². The molecule has 4 rings (SSSR count). The first-order chi connectivity index (χ1) is 18.1. The largest absolute Gasteiger partial charge is 0.573 e. The summed E-state index contributed by atoms with van der Waals surface area (Å²) in [6.45, 7) is 2.90. The molecule has 1 saturated heterocycles. The van der Waals surface area contributed by atoms with Gasteiger partial charge in [-0.3, -0.25) is 14.5 Å². The lowest BCUT2D eigenvalue weighted by atomic mass is 10.1. The number of nitrogens with one attached hydrogen (secondary N) is 1. The van der Waals surface area contributed by atoms with Gasteiger partial charge in [0.05, 0.1) is 25.8 Å². The number of halogens is 3. The Morgan fingerprint density at radius 1 is 1.08 bits per heavy atom. The molecule has 0 saturated carbocycles. The molecule has 2 heterocycles. The first kappa shape index (κ1) is 27.5. The fourth-order valence-electron chi connectivity index (χ4n) is 3.85. The first-order valence-corrected chi connectivity index (χ1v) is 12.5. The van der Waals surface area contributed by atoms with E-state index in [4.69, 9.17) is 4.74 Å². The number of carbonyl (C=O) groups excluding carboxylic acids is 2. The number of nitrogens with zero attached hydrogens (tertiary/aromatic N) is 4. The van der Waals surface area contributed by atoms with Crippen LogP contribution in [-0.4, -0.2) is 84.9 Å². The standard InChI is InChI=1S/C25H26F3N5O4S/c1-32-8-10-33(11-9-32)15-22(35)29-19-13-16(6-7-21(19)37-25(26,27)28)20(34)14-23-30-31-24(38-23)17-4-3-5-18(12-17)36-2/h3-7,12-13H,8-11,14-15H2,1-2H3,(H,29,35). The first-order valence-electron chi connectivity index (χ1n) is 11.7. The van der Waals surface area contributed by atoms with Crippen molar-refractivity contribution < 1.29 is 32.2 Å². The minimum Gasteiger partial charge on any atom is -0.497 e. The highest BCUT2D eigenvalue weighted by Crippen LogP contribution is 2.32. The van der Waals surface area contributed by atoms with Gasteiger partial charge in [0, 0.05) is 37.3 Å². The Hall–Kier alpha value is -3.55. The molecule has 0 radical (unpaired) electrons. The lowest BCUT2D eigenvalue weighted by Gasteiger charge is -2.31. The summed E-state index contributed by atoms with van der Waals surface area (Å²) >= 11 is 1.22. The number of ether oxygens (including phenoxy) is 2. The lowest BCUT2D eigenvalue weighted by Crippen LogP contribution is -2.47. The number of rotatable bonds is 9. The molecule has 1 aliphatic rings. The normalized spacial score (nSPS) is 14.8. The molecule has 0 unspecified atom stereocenters. The van der Waals surface area contributed by atoms with Gasteiger partial charge in [-0.1, -0.05) is 23.5 Å². The number of benzene rings is 2. The van der Waals surface area contributed by atoms with Crippen LogP contribution in [-0.2, 0) is 11.2 Å². The van der Waals surface area contributed by atoms with Gasteiger partial charge < -0.3 is 19.7 Å². The van der Waals surface area contributed by atoms with Crippen molar-refractivity contribution in [1.82, 2.24) is 20.0 Å². The summed E-state index contributed by atoms with van der Waals surface area (Å²) in [6, 6.07) is 10.7. The van der Waals surface area contributed by atoms with Crippen LogP contribution in [0.2, 0.25) is 0 Å². The third-order valence-electron chi connectivity index (χ3n) is 5.86. The van der Waals surface area contributed by atoms with Crippen molar-refractivity contribution in [2.45, 2.75) is 12.8 Å². The average Bonchev–Trinajstić information content (AvgIpc) is 3.34. The highest BCUT2D eigenvalue weighted by Gasteiger charge is 2.33. The molecular weight excluding hydrogens is 523 g/mol. The van der Waals surface area contributed by atoms with Crippen LogP contribution < -0.4 is 14.8 Å². The zero-order valence-corrected chi connectivity index (χ0v) is 21.6.